The summed E-state index contributed by atoms with van der Waals surface area (Å²) in [4.78, 5) is 0. The molecule has 0 amide bonds. The van der Waals surface area contributed by atoms with Gasteiger partial charge in [0, 0.05) is 18.3 Å². The minimum Gasteiger partial charge on any atom is -0.333 e. The molecule has 0 saturated heterocycles. The van der Waals surface area contributed by atoms with Crippen LogP contribution in [0.15, 0.2) is 36.5 Å². The van der Waals surface area contributed by atoms with Crippen LogP contribution in [0.3, 0.4) is 0 Å². The summed E-state index contributed by atoms with van der Waals surface area (Å²) in [6, 6.07) is 10.6. The Balaban J connectivity index is 2.28. The van der Waals surface area contributed by atoms with E-state index in [0.29, 0.717) is 0 Å². The smallest absolute Gasteiger partial charge is 0.0882 e. The first-order valence-corrected chi connectivity index (χ1v) is 5.31. The lowest BCUT2D eigenvalue weighted by molar-refractivity contribution is 0.171. The molecule has 0 bridgehead atoms. The number of hydrogen-bond acceptors (Lipinski definition) is 2. The predicted octanol–water partition coefficient (Wildman–Crippen LogP) is 2.06. The average molecular weight is 203 g/mol. The number of nitrogens with zero attached hydrogens (tertiary/aromatic N) is 2. The van der Waals surface area contributed by atoms with Crippen LogP contribution in [-0.4, -0.2) is 23.2 Å². The topological polar surface area (TPSA) is 20.2 Å². The molecule has 1 aromatic heterocycles. The van der Waals surface area contributed by atoms with Crippen LogP contribution in [0.25, 0.3) is 10.9 Å². The second kappa shape index (κ2) is 4.47. The van der Waals surface area contributed by atoms with Gasteiger partial charge in [0.05, 0.1) is 6.67 Å². The number of para-hydroxylation sites is 1. The van der Waals surface area contributed by atoms with Crippen molar-refractivity contribution in [3.8, 4) is 0 Å². The number of fused-ring (bicyclic) bond motifs is 1. The van der Waals surface area contributed by atoms with Gasteiger partial charge in [-0.25, -0.2) is 5.01 Å². The fourth-order valence-corrected chi connectivity index (χ4v) is 1.78. The molecule has 0 spiro atoms. The van der Waals surface area contributed by atoms with Crippen LogP contribution < -0.4 is 5.43 Å². The van der Waals surface area contributed by atoms with E-state index in [9.17, 15) is 0 Å². The second-order valence-corrected chi connectivity index (χ2v) is 3.57. The van der Waals surface area contributed by atoms with E-state index in [1.165, 1.54) is 10.9 Å². The molecule has 15 heavy (non-hydrogen) atoms. The predicted molar refractivity (Wildman–Crippen MR) is 63.4 cm³/mol. The molecule has 0 fully saturated rings. The molecule has 1 aromatic carbocycles. The molecule has 0 saturated carbocycles. The Labute approximate surface area is 90.3 Å². The fourth-order valence-electron chi connectivity index (χ4n) is 1.78. The van der Waals surface area contributed by atoms with Gasteiger partial charge in [0.2, 0.25) is 0 Å². The number of aromatic nitrogens is 1. The van der Waals surface area contributed by atoms with E-state index >= 15 is 0 Å². The van der Waals surface area contributed by atoms with Crippen molar-refractivity contribution in [2.45, 2.75) is 13.6 Å². The highest BCUT2D eigenvalue weighted by Crippen LogP contribution is 2.14. The van der Waals surface area contributed by atoms with Crippen molar-refractivity contribution in [1.29, 1.82) is 0 Å². The van der Waals surface area contributed by atoms with E-state index in [1.807, 2.05) is 7.05 Å². The molecule has 2 rings (SSSR count). The maximum Gasteiger partial charge on any atom is 0.0882 e. The first-order valence-electron chi connectivity index (χ1n) is 5.31. The molecule has 0 radical (unpaired) electrons. The molecule has 1 heterocycles. The Morgan fingerprint density at radius 2 is 2.07 bits per heavy atom. The van der Waals surface area contributed by atoms with Crippen LogP contribution >= 0.6 is 0 Å². The molecule has 1 N–H and O–H groups in total. The van der Waals surface area contributed by atoms with Crippen LogP contribution in [0.4, 0.5) is 0 Å². The number of nitrogens with one attached hydrogen (secondary N) is 1. The van der Waals surface area contributed by atoms with E-state index in [-0.39, 0.29) is 0 Å². The largest absolute Gasteiger partial charge is 0.333 e. The summed E-state index contributed by atoms with van der Waals surface area (Å²) in [6.07, 6.45) is 2.13. The maximum absolute atomic E-state index is 3.17. The van der Waals surface area contributed by atoms with Crippen LogP contribution in [0.2, 0.25) is 0 Å². The number of hydrogen-bond donors (Lipinski definition) is 1. The van der Waals surface area contributed by atoms with Crippen LogP contribution in [0, 0.1) is 0 Å². The highest BCUT2D eigenvalue weighted by molar-refractivity contribution is 5.79. The van der Waals surface area contributed by atoms with E-state index in [0.717, 1.165) is 13.2 Å². The van der Waals surface area contributed by atoms with Crippen molar-refractivity contribution in [3.05, 3.63) is 36.5 Å². The van der Waals surface area contributed by atoms with Crippen molar-refractivity contribution >= 4 is 10.9 Å². The maximum atomic E-state index is 3.17. The quantitative estimate of drug-likeness (QED) is 0.767. The van der Waals surface area contributed by atoms with Gasteiger partial charge in [-0.1, -0.05) is 25.1 Å². The van der Waals surface area contributed by atoms with Gasteiger partial charge in [-0.05, 0) is 24.6 Å². The third-order valence-electron chi connectivity index (χ3n) is 2.70. The van der Waals surface area contributed by atoms with Gasteiger partial charge in [-0.2, -0.15) is 0 Å². The molecule has 0 aliphatic carbocycles. The van der Waals surface area contributed by atoms with Crippen molar-refractivity contribution in [2.24, 2.45) is 0 Å². The molecule has 0 aliphatic heterocycles. The summed E-state index contributed by atoms with van der Waals surface area (Å²) >= 11 is 0. The first-order chi connectivity index (χ1) is 7.35. The zero-order chi connectivity index (χ0) is 10.7. The minimum atomic E-state index is 0.876. The highest BCUT2D eigenvalue weighted by atomic mass is 15.5. The zero-order valence-electron chi connectivity index (χ0n) is 9.27. The monoisotopic (exact) mass is 203 g/mol. The Bertz CT molecular complexity index is 429. The van der Waals surface area contributed by atoms with Crippen molar-refractivity contribution in [2.75, 3.05) is 13.6 Å². The Kier molecular flexibility index (Phi) is 3.04. The Morgan fingerprint density at radius 1 is 1.27 bits per heavy atom. The van der Waals surface area contributed by atoms with Crippen molar-refractivity contribution in [1.82, 2.24) is 15.0 Å². The second-order valence-electron chi connectivity index (χ2n) is 3.57. The fraction of sp³-hybridized carbons (Fsp3) is 0.333. The number of benzene rings is 1. The molecule has 80 valence electrons. The molecule has 0 aliphatic rings. The summed E-state index contributed by atoms with van der Waals surface area (Å²) in [5, 5.41) is 3.46. The van der Waals surface area contributed by atoms with Gasteiger partial charge in [0.25, 0.3) is 0 Å². The lowest BCUT2D eigenvalue weighted by Gasteiger charge is -2.20. The molecular weight excluding hydrogens is 186 g/mol. The number of hydrazine groups is 1. The van der Waals surface area contributed by atoms with Crippen LogP contribution in [-0.2, 0) is 6.67 Å². The van der Waals surface area contributed by atoms with Crippen LogP contribution in [0.1, 0.15) is 6.92 Å². The lowest BCUT2D eigenvalue weighted by Crippen LogP contribution is -2.36. The van der Waals surface area contributed by atoms with Gasteiger partial charge in [0.15, 0.2) is 0 Å². The van der Waals surface area contributed by atoms with Gasteiger partial charge in [0.1, 0.15) is 0 Å². The van der Waals surface area contributed by atoms with E-state index in [1.54, 1.807) is 0 Å². The third kappa shape index (κ3) is 2.03. The van der Waals surface area contributed by atoms with E-state index in [4.69, 9.17) is 0 Å². The van der Waals surface area contributed by atoms with E-state index in [2.05, 4.69) is 58.5 Å². The van der Waals surface area contributed by atoms with Gasteiger partial charge in [-0.15, -0.1) is 0 Å². The summed E-state index contributed by atoms with van der Waals surface area (Å²) in [5.74, 6) is 0. The van der Waals surface area contributed by atoms with Crippen molar-refractivity contribution in [3.63, 3.8) is 0 Å². The van der Waals surface area contributed by atoms with Crippen LogP contribution in [0.5, 0.6) is 0 Å². The summed E-state index contributed by atoms with van der Waals surface area (Å²) < 4.78 is 2.25. The lowest BCUT2D eigenvalue weighted by atomic mass is 10.2. The van der Waals surface area contributed by atoms with Crippen molar-refractivity contribution < 1.29 is 0 Å². The Hall–Kier alpha value is -1.32. The Morgan fingerprint density at radius 3 is 2.80 bits per heavy atom. The summed E-state index contributed by atoms with van der Waals surface area (Å²) in [5.41, 5.74) is 4.45. The molecule has 0 unspecified atom stereocenters. The summed E-state index contributed by atoms with van der Waals surface area (Å²) in [6.45, 7) is 4.01. The van der Waals surface area contributed by atoms with Gasteiger partial charge < -0.3 is 4.57 Å². The van der Waals surface area contributed by atoms with E-state index < -0.39 is 0 Å². The standard InChI is InChI=1S/C12H17N3/c1-3-15(13-2)10-14-9-8-11-6-4-5-7-12(11)14/h4-9,13H,3,10H2,1-2H3. The number of rotatable bonds is 4. The van der Waals surface area contributed by atoms with Gasteiger partial charge in [-0.3, -0.25) is 5.43 Å². The molecule has 0 atom stereocenters. The molecular formula is C12H17N3. The minimum absolute atomic E-state index is 0.876. The summed E-state index contributed by atoms with van der Waals surface area (Å²) in [7, 11) is 1.95. The highest BCUT2D eigenvalue weighted by Gasteiger charge is 2.03. The molecule has 3 heteroatoms. The average Bonchev–Trinajstić information content (AvgIpc) is 2.69. The SMILES string of the molecule is CCN(Cn1ccc2ccccc21)NC. The zero-order valence-corrected chi connectivity index (χ0v) is 9.27. The first kappa shape index (κ1) is 10.2. The molecule has 3 nitrogen and oxygen atoms in total. The van der Waals surface area contributed by atoms with Gasteiger partial charge >= 0.3 is 0 Å². The molecule has 2 aromatic rings. The third-order valence-corrected chi connectivity index (χ3v) is 2.70. The normalized spacial score (nSPS) is 11.4.